The fourth-order valence-corrected chi connectivity index (χ4v) is 6.49. The molecule has 0 spiro atoms. The fourth-order valence-electron chi connectivity index (χ4n) is 4.56. The van der Waals surface area contributed by atoms with Crippen LogP contribution in [0, 0.1) is 6.92 Å². The normalized spacial score (nSPS) is 12.6. The lowest BCUT2D eigenvalue weighted by Crippen LogP contribution is -2.53. The highest BCUT2D eigenvalue weighted by molar-refractivity contribution is 7.92. The van der Waals surface area contributed by atoms with Gasteiger partial charge in [-0.1, -0.05) is 60.8 Å². The summed E-state index contributed by atoms with van der Waals surface area (Å²) in [4.78, 5) is 29.2. The molecule has 1 N–H and O–H groups in total. The Hall–Kier alpha value is -3.47. The number of aryl methyl sites for hydroxylation is 1. The number of carbonyl (C=O) groups excluding carboxylic acids is 2. The Bertz CT molecular complexity index is 1550. The quantitative estimate of drug-likeness (QED) is 0.219. The molecule has 9 nitrogen and oxygen atoms in total. The summed E-state index contributed by atoms with van der Waals surface area (Å²) in [7, 11) is -1.47. The van der Waals surface area contributed by atoms with Crippen LogP contribution in [-0.4, -0.2) is 58.0 Å². The highest BCUT2D eigenvalue weighted by Gasteiger charge is 2.35. The molecule has 0 saturated heterocycles. The van der Waals surface area contributed by atoms with Crippen molar-refractivity contribution in [3.8, 4) is 11.5 Å². The minimum Gasteiger partial charge on any atom is -0.497 e. The molecule has 3 aromatic carbocycles. The van der Waals surface area contributed by atoms with Gasteiger partial charge in [0.15, 0.2) is 0 Å². The van der Waals surface area contributed by atoms with Crippen LogP contribution in [0.5, 0.6) is 11.5 Å². The lowest BCUT2D eigenvalue weighted by molar-refractivity contribution is -0.140. The first-order valence-electron chi connectivity index (χ1n) is 14.2. The molecule has 12 heteroatoms. The second-order valence-corrected chi connectivity index (χ2v) is 13.0. The number of methoxy groups -OCH3 is 2. The van der Waals surface area contributed by atoms with Crippen molar-refractivity contribution >= 4 is 50.7 Å². The van der Waals surface area contributed by atoms with Crippen LogP contribution in [0.4, 0.5) is 5.69 Å². The zero-order valence-electron chi connectivity index (χ0n) is 25.8. The predicted molar refractivity (Wildman–Crippen MR) is 174 cm³/mol. The third-order valence-electron chi connectivity index (χ3n) is 7.32. The van der Waals surface area contributed by atoms with Gasteiger partial charge in [-0.05, 0) is 63.1 Å². The van der Waals surface area contributed by atoms with Gasteiger partial charge in [0.25, 0.3) is 10.0 Å². The number of rotatable bonds is 14. The second-order valence-electron chi connectivity index (χ2n) is 10.3. The number of amides is 2. The van der Waals surface area contributed by atoms with E-state index in [1.807, 2.05) is 20.8 Å². The Morgan fingerprint density at radius 3 is 2.11 bits per heavy atom. The molecule has 44 heavy (non-hydrogen) atoms. The monoisotopic (exact) mass is 663 g/mol. The van der Waals surface area contributed by atoms with Crippen molar-refractivity contribution in [3.05, 3.63) is 81.8 Å². The molecule has 3 aromatic rings. The van der Waals surface area contributed by atoms with E-state index >= 15 is 0 Å². The average Bonchev–Trinajstić information content (AvgIpc) is 3.00. The zero-order valence-corrected chi connectivity index (χ0v) is 28.1. The van der Waals surface area contributed by atoms with Crippen molar-refractivity contribution in [1.82, 2.24) is 10.2 Å². The maximum atomic E-state index is 14.4. The van der Waals surface area contributed by atoms with Gasteiger partial charge in [0.2, 0.25) is 11.8 Å². The number of anilines is 1. The summed E-state index contributed by atoms with van der Waals surface area (Å²) in [6.07, 6.45) is 0.938. The second kappa shape index (κ2) is 15.5. The molecule has 0 saturated carbocycles. The number of benzene rings is 3. The van der Waals surface area contributed by atoms with Crippen molar-refractivity contribution in [1.29, 1.82) is 0 Å². The van der Waals surface area contributed by atoms with E-state index in [9.17, 15) is 18.0 Å². The van der Waals surface area contributed by atoms with Crippen LogP contribution in [0.15, 0.2) is 65.6 Å². The predicted octanol–water partition coefficient (Wildman–Crippen LogP) is 6.24. The SMILES string of the molecule is CCC(C)NC(=O)C(CC)N(Cc1c(Cl)cccc1Cl)C(=O)CN(c1cc(OC)ccc1OC)S(=O)(=O)c1ccc(C)cc1. The summed E-state index contributed by atoms with van der Waals surface area (Å²) in [5.74, 6) is -0.453. The van der Waals surface area contributed by atoms with E-state index in [4.69, 9.17) is 32.7 Å². The molecule has 0 fully saturated rings. The smallest absolute Gasteiger partial charge is 0.264 e. The standard InChI is InChI=1S/C32H39Cl2N3O6S/c1-7-22(4)35-32(39)28(8-2)36(19-25-26(33)10-9-11-27(25)34)31(38)20-37(29-18-23(42-5)14-17-30(29)43-6)44(40,41)24-15-12-21(3)13-16-24/h9-18,22,28H,7-8,19-20H2,1-6H3,(H,35,39). The highest BCUT2D eigenvalue weighted by atomic mass is 35.5. The van der Waals surface area contributed by atoms with E-state index < -0.39 is 28.5 Å². The summed E-state index contributed by atoms with van der Waals surface area (Å²) >= 11 is 13.0. The third kappa shape index (κ3) is 8.16. The number of sulfonamides is 1. The molecule has 3 rings (SSSR count). The van der Waals surface area contributed by atoms with Gasteiger partial charge in [-0.25, -0.2) is 8.42 Å². The molecule has 0 aliphatic carbocycles. The van der Waals surface area contributed by atoms with Crippen molar-refractivity contribution < 1.29 is 27.5 Å². The summed E-state index contributed by atoms with van der Waals surface area (Å²) < 4.78 is 40.3. The van der Waals surface area contributed by atoms with Gasteiger partial charge in [-0.2, -0.15) is 0 Å². The Morgan fingerprint density at radius 2 is 1.57 bits per heavy atom. The van der Waals surface area contributed by atoms with E-state index in [0.29, 0.717) is 27.8 Å². The molecular formula is C32H39Cl2N3O6S. The summed E-state index contributed by atoms with van der Waals surface area (Å²) in [5.41, 5.74) is 1.39. The van der Waals surface area contributed by atoms with Crippen LogP contribution >= 0.6 is 23.2 Å². The Balaban J connectivity index is 2.19. The fraction of sp³-hybridized carbons (Fsp3) is 0.375. The lowest BCUT2D eigenvalue weighted by atomic mass is 10.1. The summed E-state index contributed by atoms with van der Waals surface area (Å²) in [6, 6.07) is 14.8. The minimum atomic E-state index is -4.32. The van der Waals surface area contributed by atoms with Crippen LogP contribution in [0.1, 0.15) is 44.7 Å². The Morgan fingerprint density at radius 1 is 0.932 bits per heavy atom. The van der Waals surface area contributed by atoms with Crippen molar-refractivity contribution in [2.24, 2.45) is 0 Å². The molecule has 2 amide bonds. The van der Waals surface area contributed by atoms with Crippen LogP contribution in [0.25, 0.3) is 0 Å². The van der Waals surface area contributed by atoms with Gasteiger partial charge < -0.3 is 19.7 Å². The van der Waals surface area contributed by atoms with Gasteiger partial charge >= 0.3 is 0 Å². The molecule has 0 aromatic heterocycles. The molecular weight excluding hydrogens is 625 g/mol. The van der Waals surface area contributed by atoms with Crippen molar-refractivity contribution in [2.45, 2.75) is 64.1 Å². The third-order valence-corrected chi connectivity index (χ3v) is 9.80. The molecule has 2 atom stereocenters. The van der Waals surface area contributed by atoms with Gasteiger partial charge in [-0.15, -0.1) is 0 Å². The number of hydrogen-bond acceptors (Lipinski definition) is 6. The van der Waals surface area contributed by atoms with Crippen LogP contribution in [-0.2, 0) is 26.2 Å². The average molecular weight is 665 g/mol. The Kier molecular flexibility index (Phi) is 12.3. The number of nitrogens with zero attached hydrogens (tertiary/aromatic N) is 2. The number of carbonyl (C=O) groups is 2. The number of halogens is 2. The zero-order chi connectivity index (χ0) is 32.6. The van der Waals surface area contributed by atoms with E-state index in [1.165, 1.54) is 37.3 Å². The number of nitrogens with one attached hydrogen (secondary N) is 1. The maximum absolute atomic E-state index is 14.4. The molecule has 0 heterocycles. The molecule has 0 radical (unpaired) electrons. The Labute approximate surface area is 270 Å². The maximum Gasteiger partial charge on any atom is 0.264 e. The largest absolute Gasteiger partial charge is 0.497 e. The van der Waals surface area contributed by atoms with Gasteiger partial charge in [0, 0.05) is 34.3 Å². The molecule has 2 unspecified atom stereocenters. The van der Waals surface area contributed by atoms with Gasteiger partial charge in [-0.3, -0.25) is 13.9 Å². The first-order valence-corrected chi connectivity index (χ1v) is 16.4. The number of ether oxygens (including phenoxy) is 2. The summed E-state index contributed by atoms with van der Waals surface area (Å²) in [5, 5.41) is 3.57. The lowest BCUT2D eigenvalue weighted by Gasteiger charge is -2.34. The number of hydrogen-bond donors (Lipinski definition) is 1. The summed E-state index contributed by atoms with van der Waals surface area (Å²) in [6.45, 7) is 6.64. The molecule has 0 bridgehead atoms. The van der Waals surface area contributed by atoms with Crippen molar-refractivity contribution in [2.75, 3.05) is 25.1 Å². The molecule has 0 aliphatic rings. The first-order chi connectivity index (χ1) is 20.9. The van der Waals surface area contributed by atoms with Crippen LogP contribution in [0.3, 0.4) is 0 Å². The highest BCUT2D eigenvalue weighted by Crippen LogP contribution is 2.36. The minimum absolute atomic E-state index is 0.0250. The first kappa shape index (κ1) is 35.0. The van der Waals surface area contributed by atoms with Crippen molar-refractivity contribution in [3.63, 3.8) is 0 Å². The van der Waals surface area contributed by atoms with E-state index in [1.54, 1.807) is 49.4 Å². The van der Waals surface area contributed by atoms with Crippen LogP contribution in [0.2, 0.25) is 10.0 Å². The topological polar surface area (TPSA) is 105 Å². The van der Waals surface area contributed by atoms with E-state index in [0.717, 1.165) is 9.87 Å². The molecule has 0 aliphatic heterocycles. The van der Waals surface area contributed by atoms with Crippen LogP contribution < -0.4 is 19.1 Å². The van der Waals surface area contributed by atoms with E-state index in [2.05, 4.69) is 5.32 Å². The van der Waals surface area contributed by atoms with E-state index in [-0.39, 0.29) is 41.2 Å². The molecule has 238 valence electrons. The van der Waals surface area contributed by atoms with Gasteiger partial charge in [0.05, 0.1) is 24.8 Å². The van der Waals surface area contributed by atoms with Gasteiger partial charge in [0.1, 0.15) is 24.1 Å².